The Morgan fingerprint density at radius 2 is 1.94 bits per heavy atom. The molecule has 0 radical (unpaired) electrons. The molecular weight excluding hydrogens is 435 g/mol. The highest BCUT2D eigenvalue weighted by molar-refractivity contribution is 6.35. The Kier molecular flexibility index (Phi) is 6.88. The normalized spacial score (nSPS) is 17.1. The predicted molar refractivity (Wildman–Crippen MR) is 111 cm³/mol. The number of anilines is 2. The fourth-order valence-electron chi connectivity index (χ4n) is 3.43. The van der Waals surface area contributed by atoms with E-state index in [0.717, 1.165) is 17.3 Å². The number of rotatable bonds is 4. The van der Waals surface area contributed by atoms with Crippen LogP contribution in [0.25, 0.3) is 0 Å². The number of methoxy groups -OCH3 is 1. The Labute approximate surface area is 182 Å². The first-order chi connectivity index (χ1) is 14.6. The molecule has 1 aliphatic rings. The maximum absolute atomic E-state index is 13.4. The first kappa shape index (κ1) is 23.1. The van der Waals surface area contributed by atoms with Crippen molar-refractivity contribution in [2.45, 2.75) is 18.8 Å². The third-order valence-electron chi connectivity index (χ3n) is 5.04. The number of halogens is 4. The van der Waals surface area contributed by atoms with Gasteiger partial charge in [0, 0.05) is 31.6 Å². The topological polar surface area (TPSA) is 61.9 Å². The van der Waals surface area contributed by atoms with E-state index in [1.807, 2.05) is 31.3 Å². The van der Waals surface area contributed by atoms with Gasteiger partial charge in [0.2, 0.25) is 0 Å². The summed E-state index contributed by atoms with van der Waals surface area (Å²) in [6, 6.07) is 11.0. The summed E-state index contributed by atoms with van der Waals surface area (Å²) in [5.74, 6) is -2.52. The number of amides is 2. The molecule has 0 spiro atoms. The molecule has 10 heteroatoms. The van der Waals surface area contributed by atoms with Crippen molar-refractivity contribution < 1.29 is 27.5 Å². The Morgan fingerprint density at radius 3 is 2.58 bits per heavy atom. The SMILES string of the molecule is COCC1CN(C(=O)c2ccc(NC(=O)C(F)(F)F)cc2Cl)c2ccccc2CN1C. The van der Waals surface area contributed by atoms with Crippen LogP contribution in [0.5, 0.6) is 0 Å². The number of nitrogens with zero attached hydrogens (tertiary/aromatic N) is 2. The Bertz CT molecular complexity index is 984. The Balaban J connectivity index is 1.92. The second-order valence-corrected chi connectivity index (χ2v) is 7.62. The molecule has 2 aromatic rings. The molecule has 0 aliphatic carbocycles. The van der Waals surface area contributed by atoms with Crippen molar-refractivity contribution in [3.63, 3.8) is 0 Å². The largest absolute Gasteiger partial charge is 0.471 e. The van der Waals surface area contributed by atoms with E-state index in [4.69, 9.17) is 16.3 Å². The van der Waals surface area contributed by atoms with E-state index in [9.17, 15) is 22.8 Å². The molecule has 0 saturated carbocycles. The molecule has 1 unspecified atom stereocenters. The Morgan fingerprint density at radius 1 is 1.23 bits per heavy atom. The minimum atomic E-state index is -5.03. The number of carbonyl (C=O) groups excluding carboxylic acids is 2. The molecule has 0 bridgehead atoms. The molecule has 2 aromatic carbocycles. The molecule has 6 nitrogen and oxygen atoms in total. The standard InChI is InChI=1S/C21H21ClF3N3O3/c1-27-10-13-5-3-4-6-18(13)28(11-15(27)12-31-2)19(29)16-8-7-14(9-17(16)22)26-20(30)21(23,24)25/h3-9,15H,10-12H2,1-2H3,(H,26,30). The minimum absolute atomic E-state index is 0.0663. The Hall–Kier alpha value is -2.62. The van der Waals surface area contributed by atoms with Crippen LogP contribution in [0.2, 0.25) is 5.02 Å². The molecule has 3 rings (SSSR count). The molecule has 1 aliphatic heterocycles. The van der Waals surface area contributed by atoms with E-state index >= 15 is 0 Å². The number of likely N-dealkylation sites (N-methyl/N-ethyl adjacent to an activating group) is 1. The number of fused-ring (bicyclic) bond motifs is 1. The summed E-state index contributed by atoms with van der Waals surface area (Å²) in [5.41, 5.74) is 1.63. The van der Waals surface area contributed by atoms with Gasteiger partial charge in [0.25, 0.3) is 5.91 Å². The van der Waals surface area contributed by atoms with Crippen molar-refractivity contribution in [2.24, 2.45) is 0 Å². The highest BCUT2D eigenvalue weighted by Gasteiger charge is 2.39. The number of benzene rings is 2. The van der Waals surface area contributed by atoms with E-state index in [1.54, 1.807) is 17.3 Å². The molecule has 1 heterocycles. The lowest BCUT2D eigenvalue weighted by Gasteiger charge is -2.29. The van der Waals surface area contributed by atoms with Gasteiger partial charge in [0.05, 0.1) is 23.2 Å². The third kappa shape index (κ3) is 5.17. The van der Waals surface area contributed by atoms with Crippen LogP contribution in [0.15, 0.2) is 42.5 Å². The van der Waals surface area contributed by atoms with Crippen molar-refractivity contribution in [1.82, 2.24) is 4.90 Å². The van der Waals surface area contributed by atoms with Crippen LogP contribution in [0.1, 0.15) is 15.9 Å². The lowest BCUT2D eigenvalue weighted by atomic mass is 10.1. The van der Waals surface area contributed by atoms with Gasteiger partial charge in [-0.3, -0.25) is 14.5 Å². The summed E-state index contributed by atoms with van der Waals surface area (Å²) in [5, 5.41) is 1.66. The number of alkyl halides is 3. The predicted octanol–water partition coefficient (Wildman–Crippen LogP) is 3.95. The molecule has 0 saturated heterocycles. The van der Waals surface area contributed by atoms with Gasteiger partial charge in [-0.25, -0.2) is 0 Å². The number of hydrogen-bond acceptors (Lipinski definition) is 4. The van der Waals surface area contributed by atoms with E-state index < -0.39 is 18.0 Å². The fourth-order valence-corrected chi connectivity index (χ4v) is 3.69. The first-order valence-electron chi connectivity index (χ1n) is 9.38. The molecule has 1 N–H and O–H groups in total. The summed E-state index contributed by atoms with van der Waals surface area (Å²) < 4.78 is 42.7. The van der Waals surface area contributed by atoms with E-state index in [1.165, 1.54) is 12.1 Å². The number of hydrogen-bond donors (Lipinski definition) is 1. The quantitative estimate of drug-likeness (QED) is 0.758. The zero-order valence-corrected chi connectivity index (χ0v) is 17.6. The smallest absolute Gasteiger partial charge is 0.383 e. The van der Waals surface area contributed by atoms with Gasteiger partial charge in [0.15, 0.2) is 0 Å². The van der Waals surface area contributed by atoms with E-state index in [2.05, 4.69) is 4.90 Å². The number of carbonyl (C=O) groups is 2. The third-order valence-corrected chi connectivity index (χ3v) is 5.35. The maximum atomic E-state index is 13.4. The van der Waals surface area contributed by atoms with Crippen molar-refractivity contribution in [3.05, 3.63) is 58.6 Å². The van der Waals surface area contributed by atoms with Gasteiger partial charge in [0.1, 0.15) is 0 Å². The summed E-state index contributed by atoms with van der Waals surface area (Å²) >= 11 is 6.22. The second kappa shape index (κ2) is 9.25. The molecule has 2 amide bonds. The van der Waals surface area contributed by atoms with Gasteiger partial charge in [-0.1, -0.05) is 29.8 Å². The second-order valence-electron chi connectivity index (χ2n) is 7.22. The summed E-state index contributed by atoms with van der Waals surface area (Å²) in [4.78, 5) is 28.2. The van der Waals surface area contributed by atoms with Gasteiger partial charge < -0.3 is 15.0 Å². The van der Waals surface area contributed by atoms with Crippen LogP contribution < -0.4 is 10.2 Å². The van der Waals surface area contributed by atoms with E-state index in [-0.39, 0.29) is 22.3 Å². The van der Waals surface area contributed by atoms with Crippen molar-refractivity contribution >= 4 is 34.8 Å². The highest BCUT2D eigenvalue weighted by atomic mass is 35.5. The molecule has 166 valence electrons. The van der Waals surface area contributed by atoms with Crippen LogP contribution in [-0.2, 0) is 16.1 Å². The minimum Gasteiger partial charge on any atom is -0.383 e. The van der Waals surface area contributed by atoms with Gasteiger partial charge in [-0.15, -0.1) is 0 Å². The maximum Gasteiger partial charge on any atom is 0.471 e. The van der Waals surface area contributed by atoms with Crippen molar-refractivity contribution in [2.75, 3.05) is 37.5 Å². The molecule has 0 aromatic heterocycles. The average Bonchev–Trinajstić information content (AvgIpc) is 2.84. The van der Waals surface area contributed by atoms with Crippen LogP contribution in [-0.4, -0.2) is 56.2 Å². The van der Waals surface area contributed by atoms with Crippen LogP contribution in [0, 0.1) is 0 Å². The van der Waals surface area contributed by atoms with Gasteiger partial charge >= 0.3 is 12.1 Å². The lowest BCUT2D eigenvalue weighted by molar-refractivity contribution is -0.167. The summed E-state index contributed by atoms with van der Waals surface area (Å²) in [6.07, 6.45) is -5.03. The summed E-state index contributed by atoms with van der Waals surface area (Å²) in [6.45, 7) is 1.36. The van der Waals surface area contributed by atoms with Crippen molar-refractivity contribution in [3.8, 4) is 0 Å². The van der Waals surface area contributed by atoms with Gasteiger partial charge in [-0.2, -0.15) is 13.2 Å². The highest BCUT2D eigenvalue weighted by Crippen LogP contribution is 2.31. The zero-order chi connectivity index (χ0) is 22.8. The van der Waals surface area contributed by atoms with Crippen LogP contribution in [0.3, 0.4) is 0 Å². The zero-order valence-electron chi connectivity index (χ0n) is 16.9. The monoisotopic (exact) mass is 455 g/mol. The van der Waals surface area contributed by atoms with Crippen molar-refractivity contribution in [1.29, 1.82) is 0 Å². The first-order valence-corrected chi connectivity index (χ1v) is 9.76. The summed E-state index contributed by atoms with van der Waals surface area (Å²) in [7, 11) is 3.53. The molecular formula is C21H21ClF3N3O3. The lowest BCUT2D eigenvalue weighted by Crippen LogP contribution is -2.44. The molecule has 0 fully saturated rings. The van der Waals surface area contributed by atoms with Crippen LogP contribution in [0.4, 0.5) is 24.5 Å². The number of nitrogens with one attached hydrogen (secondary N) is 1. The number of para-hydroxylation sites is 1. The van der Waals surface area contributed by atoms with Gasteiger partial charge in [-0.05, 0) is 36.9 Å². The van der Waals surface area contributed by atoms with E-state index in [0.29, 0.717) is 19.7 Å². The number of ether oxygens (including phenoxy) is 1. The molecule has 31 heavy (non-hydrogen) atoms. The van der Waals surface area contributed by atoms with Crippen LogP contribution >= 0.6 is 11.6 Å². The molecule has 1 atom stereocenters. The fraction of sp³-hybridized carbons (Fsp3) is 0.333. The average molecular weight is 456 g/mol.